The summed E-state index contributed by atoms with van der Waals surface area (Å²) >= 11 is 0. The summed E-state index contributed by atoms with van der Waals surface area (Å²) in [5.74, 6) is 0. The van der Waals surface area contributed by atoms with Gasteiger partial charge in [0.2, 0.25) is 0 Å². The average Bonchev–Trinajstić information content (AvgIpc) is 2.36. The molecule has 0 saturated carbocycles. The Hall–Kier alpha value is -1.77. The quantitative estimate of drug-likeness (QED) is 0.606. The van der Waals surface area contributed by atoms with Crippen molar-refractivity contribution < 1.29 is 13.2 Å². The lowest BCUT2D eigenvalue weighted by Gasteiger charge is -2.19. The van der Waals surface area contributed by atoms with E-state index in [1.165, 1.54) is 11.6 Å². The summed E-state index contributed by atoms with van der Waals surface area (Å²) in [6.07, 6.45) is -4.29. The molecular formula is C18H19F3. The molecule has 0 aromatic heterocycles. The zero-order chi connectivity index (χ0) is 15.8. The highest BCUT2D eigenvalue weighted by Gasteiger charge is 2.30. The lowest BCUT2D eigenvalue weighted by atomic mass is 9.86. The Balaban J connectivity index is 2.39. The van der Waals surface area contributed by atoms with E-state index in [4.69, 9.17) is 0 Å². The minimum absolute atomic E-state index is 0.0632. The fourth-order valence-corrected chi connectivity index (χ4v) is 2.31. The van der Waals surface area contributed by atoms with E-state index in [1.54, 1.807) is 13.0 Å². The molecule has 0 bridgehead atoms. The van der Waals surface area contributed by atoms with E-state index in [-0.39, 0.29) is 5.41 Å². The second kappa shape index (κ2) is 5.21. The van der Waals surface area contributed by atoms with Crippen LogP contribution in [-0.2, 0) is 11.6 Å². The number of hydrogen-bond acceptors (Lipinski definition) is 0. The van der Waals surface area contributed by atoms with Crippen molar-refractivity contribution in [2.75, 3.05) is 0 Å². The maximum absolute atomic E-state index is 12.7. The summed E-state index contributed by atoms with van der Waals surface area (Å²) < 4.78 is 38.1. The molecule has 0 amide bonds. The van der Waals surface area contributed by atoms with Gasteiger partial charge in [0.25, 0.3) is 0 Å². The Labute approximate surface area is 123 Å². The van der Waals surface area contributed by atoms with Crippen molar-refractivity contribution in [1.82, 2.24) is 0 Å². The van der Waals surface area contributed by atoms with Gasteiger partial charge in [0, 0.05) is 0 Å². The molecule has 0 radical (unpaired) electrons. The van der Waals surface area contributed by atoms with Crippen molar-refractivity contribution in [2.45, 2.75) is 39.3 Å². The molecule has 0 aliphatic heterocycles. The van der Waals surface area contributed by atoms with Crippen LogP contribution in [0.25, 0.3) is 11.1 Å². The van der Waals surface area contributed by atoms with Crippen LogP contribution in [0.3, 0.4) is 0 Å². The van der Waals surface area contributed by atoms with Gasteiger partial charge in [-0.2, -0.15) is 13.2 Å². The molecule has 0 nitrogen and oxygen atoms in total. The third kappa shape index (κ3) is 3.46. The van der Waals surface area contributed by atoms with E-state index in [0.29, 0.717) is 5.56 Å². The van der Waals surface area contributed by atoms with E-state index in [2.05, 4.69) is 20.8 Å². The normalized spacial score (nSPS) is 12.5. The summed E-state index contributed by atoms with van der Waals surface area (Å²) in [5.41, 5.74) is 3.07. The second-order valence-corrected chi connectivity index (χ2v) is 6.35. The number of benzene rings is 2. The topological polar surface area (TPSA) is 0 Å². The Morgan fingerprint density at radius 1 is 0.762 bits per heavy atom. The van der Waals surface area contributed by atoms with Crippen molar-refractivity contribution in [3.05, 3.63) is 59.2 Å². The van der Waals surface area contributed by atoms with Crippen LogP contribution in [0.2, 0.25) is 0 Å². The lowest BCUT2D eigenvalue weighted by Crippen LogP contribution is -2.10. The van der Waals surface area contributed by atoms with Gasteiger partial charge in [-0.25, -0.2) is 0 Å². The van der Waals surface area contributed by atoms with Gasteiger partial charge in [0.05, 0.1) is 5.56 Å². The first-order valence-corrected chi connectivity index (χ1v) is 6.88. The van der Waals surface area contributed by atoms with E-state index in [0.717, 1.165) is 17.2 Å². The molecule has 0 unspecified atom stereocenters. The molecule has 0 aliphatic carbocycles. The molecule has 2 rings (SSSR count). The predicted octanol–water partition coefficient (Wildman–Crippen LogP) is 5.98. The Kier molecular flexibility index (Phi) is 3.87. The molecule has 0 spiro atoms. The van der Waals surface area contributed by atoms with E-state index >= 15 is 0 Å². The van der Waals surface area contributed by atoms with Gasteiger partial charge in [0.1, 0.15) is 0 Å². The molecule has 0 atom stereocenters. The van der Waals surface area contributed by atoms with Gasteiger partial charge in [0.15, 0.2) is 0 Å². The van der Waals surface area contributed by atoms with E-state index in [9.17, 15) is 13.2 Å². The third-order valence-electron chi connectivity index (χ3n) is 3.62. The fourth-order valence-electron chi connectivity index (χ4n) is 2.31. The Morgan fingerprint density at radius 3 is 1.71 bits per heavy atom. The van der Waals surface area contributed by atoms with Crippen LogP contribution in [0, 0.1) is 6.92 Å². The highest BCUT2D eigenvalue weighted by Crippen LogP contribution is 2.33. The highest BCUT2D eigenvalue weighted by molar-refractivity contribution is 5.68. The van der Waals surface area contributed by atoms with Crippen molar-refractivity contribution in [3.8, 4) is 11.1 Å². The van der Waals surface area contributed by atoms with Crippen LogP contribution in [0.1, 0.15) is 37.5 Å². The van der Waals surface area contributed by atoms with Crippen molar-refractivity contribution in [1.29, 1.82) is 0 Å². The molecule has 0 aliphatic rings. The van der Waals surface area contributed by atoms with Gasteiger partial charge < -0.3 is 0 Å². The molecule has 2 aromatic carbocycles. The third-order valence-corrected chi connectivity index (χ3v) is 3.62. The minimum atomic E-state index is -4.29. The maximum Gasteiger partial charge on any atom is 0.416 e. The molecule has 2 aromatic rings. The van der Waals surface area contributed by atoms with Crippen LogP contribution in [0.15, 0.2) is 42.5 Å². The smallest absolute Gasteiger partial charge is 0.166 e. The van der Waals surface area contributed by atoms with Crippen LogP contribution < -0.4 is 0 Å². The monoisotopic (exact) mass is 292 g/mol. The predicted molar refractivity (Wildman–Crippen MR) is 80.3 cm³/mol. The molecule has 3 heteroatoms. The molecule has 21 heavy (non-hydrogen) atoms. The standard InChI is InChI=1S/C18H19F3/c1-12-11-15(18(19,20)21)9-10-16(12)13-5-7-14(8-6-13)17(2,3)4/h5-11H,1-4H3. The number of alkyl halides is 3. The van der Waals surface area contributed by atoms with Crippen LogP contribution in [0.4, 0.5) is 13.2 Å². The molecule has 0 heterocycles. The summed E-state index contributed by atoms with van der Waals surface area (Å²) in [5, 5.41) is 0. The first-order valence-electron chi connectivity index (χ1n) is 6.88. The van der Waals surface area contributed by atoms with Gasteiger partial charge in [-0.1, -0.05) is 51.1 Å². The highest BCUT2D eigenvalue weighted by atomic mass is 19.4. The summed E-state index contributed by atoms with van der Waals surface area (Å²) in [7, 11) is 0. The van der Waals surface area contributed by atoms with Gasteiger partial charge in [-0.15, -0.1) is 0 Å². The number of halogens is 3. The zero-order valence-corrected chi connectivity index (χ0v) is 12.7. The minimum Gasteiger partial charge on any atom is -0.166 e. The fraction of sp³-hybridized carbons (Fsp3) is 0.333. The summed E-state index contributed by atoms with van der Waals surface area (Å²) in [4.78, 5) is 0. The summed E-state index contributed by atoms with van der Waals surface area (Å²) in [6.45, 7) is 8.10. The van der Waals surface area contributed by atoms with Crippen molar-refractivity contribution in [3.63, 3.8) is 0 Å². The number of aryl methyl sites for hydroxylation is 1. The van der Waals surface area contributed by atoms with Crippen LogP contribution >= 0.6 is 0 Å². The van der Waals surface area contributed by atoms with E-state index in [1.807, 2.05) is 24.3 Å². The first kappa shape index (κ1) is 15.6. The largest absolute Gasteiger partial charge is 0.416 e. The van der Waals surface area contributed by atoms with Gasteiger partial charge in [-0.3, -0.25) is 0 Å². The number of hydrogen-bond donors (Lipinski definition) is 0. The lowest BCUT2D eigenvalue weighted by molar-refractivity contribution is -0.137. The average molecular weight is 292 g/mol. The Bertz CT molecular complexity index is 629. The molecule has 0 fully saturated rings. The van der Waals surface area contributed by atoms with Crippen LogP contribution in [-0.4, -0.2) is 0 Å². The number of rotatable bonds is 1. The van der Waals surface area contributed by atoms with Crippen molar-refractivity contribution >= 4 is 0 Å². The van der Waals surface area contributed by atoms with Crippen LogP contribution in [0.5, 0.6) is 0 Å². The molecule has 0 N–H and O–H groups in total. The van der Waals surface area contributed by atoms with E-state index < -0.39 is 11.7 Å². The van der Waals surface area contributed by atoms with Gasteiger partial charge in [-0.05, 0) is 46.7 Å². The Morgan fingerprint density at radius 2 is 1.29 bits per heavy atom. The molecule has 112 valence electrons. The molecule has 0 saturated heterocycles. The maximum atomic E-state index is 12.7. The SMILES string of the molecule is Cc1cc(C(F)(F)F)ccc1-c1ccc(C(C)(C)C)cc1. The second-order valence-electron chi connectivity index (χ2n) is 6.35. The molecular weight excluding hydrogens is 273 g/mol. The first-order chi connectivity index (χ1) is 9.59. The summed E-state index contributed by atoms with van der Waals surface area (Å²) in [6, 6.07) is 11.9. The van der Waals surface area contributed by atoms with Crippen molar-refractivity contribution in [2.24, 2.45) is 0 Å². The zero-order valence-electron chi connectivity index (χ0n) is 12.7. The van der Waals surface area contributed by atoms with Gasteiger partial charge >= 0.3 is 6.18 Å².